The minimum Gasteiger partial charge on any atom is -0.497 e. The number of esters is 1. The first-order valence-corrected chi connectivity index (χ1v) is 8.13. The number of fused-ring (bicyclic) bond motifs is 1. The second-order valence-electron chi connectivity index (χ2n) is 5.82. The number of ether oxygens (including phenoxy) is 3. The van der Waals surface area contributed by atoms with Crippen LogP contribution in [0.4, 0.5) is 0 Å². The van der Waals surface area contributed by atoms with Crippen LogP contribution in [0.25, 0.3) is 11.3 Å². The molecule has 3 rings (SSSR count). The number of aromatic amines is 1. The Labute approximate surface area is 154 Å². The molecule has 0 aliphatic carbocycles. The molecular weight excluding hydrogens is 354 g/mol. The summed E-state index contributed by atoms with van der Waals surface area (Å²) < 4.78 is 16.9. The fourth-order valence-corrected chi connectivity index (χ4v) is 2.61. The molecule has 9 heteroatoms. The summed E-state index contributed by atoms with van der Waals surface area (Å²) in [5.74, 6) is 0.669. The third-order valence-electron chi connectivity index (χ3n) is 3.94. The van der Waals surface area contributed by atoms with E-state index in [1.807, 2.05) is 0 Å². The highest BCUT2D eigenvalue weighted by molar-refractivity contribution is 5.95. The Hall–Kier alpha value is -3.33. The lowest BCUT2D eigenvalue weighted by atomic mass is 10.1. The van der Waals surface area contributed by atoms with Gasteiger partial charge in [-0.1, -0.05) is 0 Å². The standard InChI is InChI=1S/C18H19N3O6/c1-25-12-3-5-13(6-4-12)27-10-11(22)7-21-8-14-16(19-20-17(14)23)15(9-21)18(24)26-2/h3-6,8-9,11,22H,7,10H2,1-2H3,(H,20,23)/t11-/m1/s1. The first-order chi connectivity index (χ1) is 13.0. The summed E-state index contributed by atoms with van der Waals surface area (Å²) in [5, 5.41) is 16.4. The number of aromatic nitrogens is 3. The van der Waals surface area contributed by atoms with Gasteiger partial charge in [0.05, 0.1) is 26.3 Å². The number of nitrogens with one attached hydrogen (secondary N) is 1. The molecular formula is C18H19N3O6. The fraction of sp³-hybridized carbons (Fsp3) is 0.278. The zero-order chi connectivity index (χ0) is 19.4. The molecule has 1 atom stereocenters. The zero-order valence-corrected chi connectivity index (χ0v) is 14.8. The predicted molar refractivity (Wildman–Crippen MR) is 95.3 cm³/mol. The summed E-state index contributed by atoms with van der Waals surface area (Å²) >= 11 is 0. The first kappa shape index (κ1) is 18.5. The number of nitrogens with zero attached hydrogens (tertiary/aromatic N) is 2. The van der Waals surface area contributed by atoms with Gasteiger partial charge in [-0.15, -0.1) is 0 Å². The number of aliphatic hydroxyl groups excluding tert-OH is 1. The Bertz CT molecular complexity index is 947. The van der Waals surface area contributed by atoms with Crippen LogP contribution in [0.3, 0.4) is 0 Å². The SMILES string of the molecule is COC(=O)c1cn(C[C@@H](O)COc2ccc(OC)cc2)cc2c(=O)[nH]nc1-2. The van der Waals surface area contributed by atoms with Crippen molar-refractivity contribution in [3.05, 3.63) is 52.6 Å². The summed E-state index contributed by atoms with van der Waals surface area (Å²) in [6, 6.07) is 6.97. The molecule has 0 unspecified atom stereocenters. The van der Waals surface area contributed by atoms with Gasteiger partial charge in [0.2, 0.25) is 0 Å². The van der Waals surface area contributed by atoms with Gasteiger partial charge in [-0.2, -0.15) is 5.10 Å². The predicted octanol–water partition coefficient (Wildman–Crippen LogP) is 0.911. The van der Waals surface area contributed by atoms with Crippen LogP contribution in [0.15, 0.2) is 41.5 Å². The van der Waals surface area contributed by atoms with Gasteiger partial charge in [0.1, 0.15) is 35.5 Å². The number of rotatable bonds is 7. The van der Waals surface area contributed by atoms with Crippen LogP contribution in [0.1, 0.15) is 10.4 Å². The van der Waals surface area contributed by atoms with E-state index in [2.05, 4.69) is 10.2 Å². The van der Waals surface area contributed by atoms with Crippen molar-refractivity contribution in [1.29, 1.82) is 0 Å². The lowest BCUT2D eigenvalue weighted by Gasteiger charge is -2.16. The summed E-state index contributed by atoms with van der Waals surface area (Å²) in [6.07, 6.45) is 2.12. The van der Waals surface area contributed by atoms with E-state index in [0.29, 0.717) is 11.5 Å². The van der Waals surface area contributed by atoms with E-state index >= 15 is 0 Å². The first-order valence-electron chi connectivity index (χ1n) is 8.13. The Morgan fingerprint density at radius 2 is 1.93 bits per heavy atom. The smallest absolute Gasteiger partial charge is 0.341 e. The topological polar surface area (TPSA) is 116 Å². The molecule has 2 aliphatic heterocycles. The fourth-order valence-electron chi connectivity index (χ4n) is 2.61. The van der Waals surface area contributed by atoms with Crippen molar-refractivity contribution in [3.63, 3.8) is 0 Å². The van der Waals surface area contributed by atoms with Crippen LogP contribution < -0.4 is 15.0 Å². The number of benzene rings is 1. The highest BCUT2D eigenvalue weighted by Crippen LogP contribution is 2.21. The van der Waals surface area contributed by atoms with Crippen LogP contribution in [0, 0.1) is 0 Å². The van der Waals surface area contributed by atoms with Gasteiger partial charge in [0.15, 0.2) is 0 Å². The maximum absolute atomic E-state index is 11.9. The van der Waals surface area contributed by atoms with Crippen molar-refractivity contribution < 1.29 is 24.1 Å². The summed E-state index contributed by atoms with van der Waals surface area (Å²) in [5.41, 5.74) is 0.179. The summed E-state index contributed by atoms with van der Waals surface area (Å²) in [6.45, 7) is 0.140. The van der Waals surface area contributed by atoms with E-state index < -0.39 is 17.6 Å². The molecule has 2 N–H and O–H groups in total. The van der Waals surface area contributed by atoms with Gasteiger partial charge in [0.25, 0.3) is 5.56 Å². The minimum absolute atomic E-state index is 0.0283. The summed E-state index contributed by atoms with van der Waals surface area (Å²) in [4.78, 5) is 23.8. The molecule has 0 amide bonds. The molecule has 0 bridgehead atoms. The maximum atomic E-state index is 11.9. The van der Waals surface area contributed by atoms with E-state index in [4.69, 9.17) is 14.2 Å². The van der Waals surface area contributed by atoms with Gasteiger partial charge in [-0.25, -0.2) is 9.89 Å². The molecule has 0 fully saturated rings. The van der Waals surface area contributed by atoms with Crippen LogP contribution in [0.2, 0.25) is 0 Å². The van der Waals surface area contributed by atoms with Crippen molar-refractivity contribution in [2.45, 2.75) is 12.6 Å². The molecule has 0 radical (unpaired) electrons. The zero-order valence-electron chi connectivity index (χ0n) is 14.8. The van der Waals surface area contributed by atoms with E-state index in [1.165, 1.54) is 24.1 Å². The average Bonchev–Trinajstić information content (AvgIpc) is 3.06. The highest BCUT2D eigenvalue weighted by atomic mass is 16.5. The summed E-state index contributed by atoms with van der Waals surface area (Å²) in [7, 11) is 2.82. The highest BCUT2D eigenvalue weighted by Gasteiger charge is 2.22. The van der Waals surface area contributed by atoms with Crippen molar-refractivity contribution in [2.24, 2.45) is 0 Å². The van der Waals surface area contributed by atoms with Crippen molar-refractivity contribution in [2.75, 3.05) is 20.8 Å². The van der Waals surface area contributed by atoms with Crippen molar-refractivity contribution in [1.82, 2.24) is 14.8 Å². The molecule has 0 saturated heterocycles. The third-order valence-corrected chi connectivity index (χ3v) is 3.94. The number of H-pyrrole nitrogens is 1. The van der Waals surface area contributed by atoms with Crippen LogP contribution >= 0.6 is 0 Å². The minimum atomic E-state index is -0.873. The normalized spacial score (nSPS) is 12.0. The third kappa shape index (κ3) is 4.09. The molecule has 0 spiro atoms. The number of methoxy groups -OCH3 is 2. The lowest BCUT2D eigenvalue weighted by molar-refractivity contribution is 0.0598. The number of carbonyl (C=O) groups is 1. The van der Waals surface area contributed by atoms with Crippen LogP contribution in [0.5, 0.6) is 11.5 Å². The molecule has 1 aromatic rings. The van der Waals surface area contributed by atoms with Gasteiger partial charge in [-0.05, 0) is 24.3 Å². The van der Waals surface area contributed by atoms with Crippen LogP contribution in [-0.2, 0) is 11.3 Å². The number of hydrogen-bond acceptors (Lipinski definition) is 7. The Morgan fingerprint density at radius 3 is 2.59 bits per heavy atom. The Kier molecular flexibility index (Phi) is 5.41. The number of hydrogen-bond donors (Lipinski definition) is 2. The lowest BCUT2D eigenvalue weighted by Crippen LogP contribution is -2.24. The largest absolute Gasteiger partial charge is 0.497 e. The molecule has 27 heavy (non-hydrogen) atoms. The number of pyridine rings is 1. The van der Waals surface area contributed by atoms with Gasteiger partial charge >= 0.3 is 5.97 Å². The molecule has 0 saturated carbocycles. The molecule has 9 nitrogen and oxygen atoms in total. The van der Waals surface area contributed by atoms with Crippen molar-refractivity contribution >= 4 is 5.97 Å². The van der Waals surface area contributed by atoms with E-state index in [9.17, 15) is 14.7 Å². The monoisotopic (exact) mass is 373 g/mol. The average molecular weight is 373 g/mol. The number of carbonyl (C=O) groups excluding carboxylic acids is 1. The van der Waals surface area contributed by atoms with E-state index in [0.717, 1.165) is 0 Å². The number of aliphatic hydroxyl groups is 1. The van der Waals surface area contributed by atoms with Crippen LogP contribution in [-0.4, -0.2) is 52.8 Å². The Balaban J connectivity index is 1.73. The quantitative estimate of drug-likeness (QED) is 0.592. The van der Waals surface area contributed by atoms with Gasteiger partial charge in [-0.3, -0.25) is 4.79 Å². The van der Waals surface area contributed by atoms with Gasteiger partial charge in [0, 0.05) is 12.4 Å². The molecule has 2 heterocycles. The Morgan fingerprint density at radius 1 is 1.22 bits per heavy atom. The van der Waals surface area contributed by atoms with E-state index in [-0.39, 0.29) is 30.0 Å². The van der Waals surface area contributed by atoms with Crippen molar-refractivity contribution in [3.8, 4) is 22.8 Å². The molecule has 142 valence electrons. The van der Waals surface area contributed by atoms with Gasteiger partial charge < -0.3 is 23.9 Å². The molecule has 2 aliphatic rings. The second-order valence-corrected chi connectivity index (χ2v) is 5.82. The molecule has 1 aromatic carbocycles. The molecule has 0 aromatic heterocycles. The second kappa shape index (κ2) is 7.92. The maximum Gasteiger partial charge on any atom is 0.341 e. The van der Waals surface area contributed by atoms with E-state index in [1.54, 1.807) is 31.4 Å².